The normalized spacial score (nSPS) is 14.6. The highest BCUT2D eigenvalue weighted by atomic mass is 32.2. The van der Waals surface area contributed by atoms with Crippen LogP contribution in [0.1, 0.15) is 23.1 Å². The minimum atomic E-state index is -3.78. The molecule has 1 saturated heterocycles. The molecule has 1 N–H and O–H groups in total. The Kier molecular flexibility index (Phi) is 7.69. The molecule has 0 unspecified atom stereocenters. The van der Waals surface area contributed by atoms with E-state index in [0.29, 0.717) is 18.8 Å². The lowest BCUT2D eigenvalue weighted by atomic mass is 10.1. The maximum Gasteiger partial charge on any atom is 0.243 e. The lowest BCUT2D eigenvalue weighted by molar-refractivity contribution is -0.131. The molecule has 0 atom stereocenters. The van der Waals surface area contributed by atoms with Crippen molar-refractivity contribution in [3.63, 3.8) is 0 Å². The number of rotatable bonds is 8. The van der Waals surface area contributed by atoms with E-state index < -0.39 is 10.0 Å². The second-order valence-electron chi connectivity index (χ2n) is 7.82. The van der Waals surface area contributed by atoms with Gasteiger partial charge >= 0.3 is 0 Å². The fourth-order valence-corrected chi connectivity index (χ4v) is 5.09. The molecule has 0 bridgehead atoms. The van der Waals surface area contributed by atoms with E-state index in [1.807, 2.05) is 44.2 Å². The zero-order chi connectivity index (χ0) is 22.4. The van der Waals surface area contributed by atoms with Crippen molar-refractivity contribution in [2.45, 2.75) is 31.7 Å². The van der Waals surface area contributed by atoms with Gasteiger partial charge < -0.3 is 15.0 Å². The number of carbonyl (C=O) groups excluding carboxylic acids is 1. The molecule has 0 aromatic heterocycles. The van der Waals surface area contributed by atoms with E-state index in [1.165, 1.54) is 4.31 Å². The average Bonchev–Trinajstić information content (AvgIpc) is 2.78. The van der Waals surface area contributed by atoms with Gasteiger partial charge in [-0.1, -0.05) is 18.2 Å². The van der Waals surface area contributed by atoms with Crippen LogP contribution in [0.5, 0.6) is 5.75 Å². The van der Waals surface area contributed by atoms with Crippen molar-refractivity contribution in [1.82, 2.24) is 14.5 Å². The Balaban J connectivity index is 1.85. The highest BCUT2D eigenvalue weighted by molar-refractivity contribution is 7.89. The van der Waals surface area contributed by atoms with Gasteiger partial charge in [-0.3, -0.25) is 4.79 Å². The third kappa shape index (κ3) is 5.84. The van der Waals surface area contributed by atoms with Crippen LogP contribution in [0.3, 0.4) is 0 Å². The van der Waals surface area contributed by atoms with Crippen molar-refractivity contribution in [3.05, 3.63) is 59.2 Å². The molecule has 8 heteroatoms. The minimum absolute atomic E-state index is 0.0209. The van der Waals surface area contributed by atoms with Gasteiger partial charge in [0.2, 0.25) is 15.9 Å². The van der Waals surface area contributed by atoms with Gasteiger partial charge in [0.15, 0.2) is 0 Å². The van der Waals surface area contributed by atoms with Crippen molar-refractivity contribution in [2.75, 3.05) is 39.8 Å². The number of hydrogen-bond acceptors (Lipinski definition) is 5. The molecule has 1 aliphatic rings. The van der Waals surface area contributed by atoms with E-state index in [1.54, 1.807) is 24.1 Å². The Morgan fingerprint density at radius 2 is 1.84 bits per heavy atom. The van der Waals surface area contributed by atoms with Gasteiger partial charge in [-0.2, -0.15) is 4.31 Å². The second kappa shape index (κ2) is 10.3. The molecule has 168 valence electrons. The molecule has 1 heterocycles. The molecule has 2 aromatic carbocycles. The number of methoxy groups -OCH3 is 1. The summed E-state index contributed by atoms with van der Waals surface area (Å²) in [4.78, 5) is 14.7. The smallest absolute Gasteiger partial charge is 0.243 e. The van der Waals surface area contributed by atoms with Crippen LogP contribution in [-0.2, 0) is 21.4 Å². The summed E-state index contributed by atoms with van der Waals surface area (Å²) in [6, 6.07) is 12.5. The van der Waals surface area contributed by atoms with Crippen molar-refractivity contribution in [1.29, 1.82) is 0 Å². The summed E-state index contributed by atoms with van der Waals surface area (Å²) in [6.45, 7) is 6.97. The number of nitrogens with zero attached hydrogens (tertiary/aromatic N) is 2. The topological polar surface area (TPSA) is 79.0 Å². The second-order valence-corrected chi connectivity index (χ2v) is 9.75. The number of hydrogen-bond donors (Lipinski definition) is 1. The first-order valence-electron chi connectivity index (χ1n) is 10.5. The Hall–Kier alpha value is -2.42. The molecule has 1 amide bonds. The number of ether oxygens (including phenoxy) is 1. The molecule has 3 rings (SSSR count). The molecule has 0 aliphatic carbocycles. The number of sulfonamides is 1. The van der Waals surface area contributed by atoms with Crippen molar-refractivity contribution >= 4 is 15.9 Å². The highest BCUT2D eigenvalue weighted by Gasteiger charge is 2.27. The Bertz CT molecular complexity index is 1020. The summed E-state index contributed by atoms with van der Waals surface area (Å²) in [5.41, 5.74) is 2.76. The lowest BCUT2D eigenvalue weighted by Crippen LogP contribution is -2.47. The van der Waals surface area contributed by atoms with E-state index in [-0.39, 0.29) is 30.3 Å². The van der Waals surface area contributed by atoms with Crippen LogP contribution in [0.2, 0.25) is 0 Å². The van der Waals surface area contributed by atoms with Crippen molar-refractivity contribution < 1.29 is 17.9 Å². The van der Waals surface area contributed by atoms with Crippen LogP contribution in [-0.4, -0.2) is 63.4 Å². The molecule has 0 saturated carbocycles. The predicted octanol–water partition coefficient (Wildman–Crippen LogP) is 2.32. The first kappa shape index (κ1) is 23.2. The van der Waals surface area contributed by atoms with Gasteiger partial charge in [-0.25, -0.2) is 8.42 Å². The quantitative estimate of drug-likeness (QED) is 0.675. The summed E-state index contributed by atoms with van der Waals surface area (Å²) in [6.07, 6.45) is 0.147. The van der Waals surface area contributed by atoms with E-state index in [4.69, 9.17) is 4.74 Å². The third-order valence-electron chi connectivity index (χ3n) is 5.65. The van der Waals surface area contributed by atoms with E-state index in [2.05, 4.69) is 5.32 Å². The molecule has 7 nitrogen and oxygen atoms in total. The number of carbonyl (C=O) groups is 1. The van der Waals surface area contributed by atoms with Gasteiger partial charge in [0, 0.05) is 45.7 Å². The predicted molar refractivity (Wildman–Crippen MR) is 121 cm³/mol. The van der Waals surface area contributed by atoms with Crippen molar-refractivity contribution in [3.8, 4) is 5.75 Å². The number of aryl methyl sites for hydroxylation is 2. The van der Waals surface area contributed by atoms with Crippen LogP contribution >= 0.6 is 0 Å². The number of amides is 1. The first-order valence-corrected chi connectivity index (χ1v) is 11.9. The molecular formula is C23H31N3O4S. The van der Waals surface area contributed by atoms with Gasteiger partial charge in [-0.15, -0.1) is 0 Å². The van der Waals surface area contributed by atoms with Crippen molar-refractivity contribution in [2.24, 2.45) is 0 Å². The monoisotopic (exact) mass is 445 g/mol. The first-order chi connectivity index (χ1) is 14.8. The van der Waals surface area contributed by atoms with Gasteiger partial charge in [0.05, 0.1) is 12.0 Å². The van der Waals surface area contributed by atoms with Crippen LogP contribution < -0.4 is 10.1 Å². The average molecular weight is 446 g/mol. The van der Waals surface area contributed by atoms with Gasteiger partial charge in [-0.05, 0) is 54.8 Å². The Morgan fingerprint density at radius 3 is 2.52 bits per heavy atom. The molecule has 0 radical (unpaired) electrons. The largest absolute Gasteiger partial charge is 0.497 e. The van der Waals surface area contributed by atoms with E-state index in [0.717, 1.165) is 29.8 Å². The number of nitrogens with one attached hydrogen (secondary N) is 1. The number of benzene rings is 2. The van der Waals surface area contributed by atoms with Crippen LogP contribution in [0.4, 0.5) is 0 Å². The van der Waals surface area contributed by atoms with Gasteiger partial charge in [0.25, 0.3) is 0 Å². The Labute approximate surface area is 185 Å². The zero-order valence-electron chi connectivity index (χ0n) is 18.4. The summed E-state index contributed by atoms with van der Waals surface area (Å²) >= 11 is 0. The molecule has 1 fully saturated rings. The summed E-state index contributed by atoms with van der Waals surface area (Å²) in [5.74, 6) is 0.644. The molecule has 31 heavy (non-hydrogen) atoms. The maximum absolute atomic E-state index is 13.5. The SMILES string of the molecule is COc1cccc(CN(CCC(=O)N2CCNCC2)S(=O)(=O)c2ccc(C)c(C)c2)c1. The van der Waals surface area contributed by atoms with E-state index >= 15 is 0 Å². The fraction of sp³-hybridized carbons (Fsp3) is 0.435. The standard InChI is InChI=1S/C23H31N3O4S/c1-18-7-8-22(15-19(18)2)31(28,29)26(17-20-5-4-6-21(16-20)30-3)12-9-23(27)25-13-10-24-11-14-25/h4-8,15-16,24H,9-14,17H2,1-3H3. The molecule has 0 spiro atoms. The summed E-state index contributed by atoms with van der Waals surface area (Å²) in [7, 11) is -2.20. The molecule has 2 aromatic rings. The zero-order valence-corrected chi connectivity index (χ0v) is 19.2. The third-order valence-corrected chi connectivity index (χ3v) is 7.50. The number of piperazine rings is 1. The molecular weight excluding hydrogens is 414 g/mol. The highest BCUT2D eigenvalue weighted by Crippen LogP contribution is 2.23. The Morgan fingerprint density at radius 1 is 1.10 bits per heavy atom. The van der Waals surface area contributed by atoms with Crippen LogP contribution in [0, 0.1) is 13.8 Å². The minimum Gasteiger partial charge on any atom is -0.497 e. The van der Waals surface area contributed by atoms with E-state index in [9.17, 15) is 13.2 Å². The van der Waals surface area contributed by atoms with Crippen LogP contribution in [0.25, 0.3) is 0 Å². The summed E-state index contributed by atoms with van der Waals surface area (Å²) in [5, 5.41) is 3.22. The van der Waals surface area contributed by atoms with Gasteiger partial charge in [0.1, 0.15) is 5.75 Å². The fourth-order valence-electron chi connectivity index (χ4n) is 3.57. The van der Waals surface area contributed by atoms with Crippen LogP contribution in [0.15, 0.2) is 47.4 Å². The summed E-state index contributed by atoms with van der Waals surface area (Å²) < 4.78 is 33.7. The lowest BCUT2D eigenvalue weighted by Gasteiger charge is -2.29. The molecule has 1 aliphatic heterocycles. The maximum atomic E-state index is 13.5.